The molecule has 31 heavy (non-hydrogen) atoms. The zero-order valence-corrected chi connectivity index (χ0v) is 19.6. The first kappa shape index (κ1) is 22.3. The Morgan fingerprint density at radius 1 is 0.935 bits per heavy atom. The van der Waals surface area contributed by atoms with Crippen LogP contribution < -0.4 is 0 Å². The molecule has 0 N–H and O–H groups in total. The zero-order valence-electron chi connectivity index (χ0n) is 18.0. The third-order valence-corrected chi connectivity index (χ3v) is 10.9. The third kappa shape index (κ3) is 4.12. The summed E-state index contributed by atoms with van der Waals surface area (Å²) in [7, 11) is -7.33. The Bertz CT molecular complexity index is 1160. The highest BCUT2D eigenvalue weighted by Crippen LogP contribution is 2.52. The minimum absolute atomic E-state index is 0.0398. The van der Waals surface area contributed by atoms with Gasteiger partial charge >= 0.3 is 0 Å². The van der Waals surface area contributed by atoms with Crippen molar-refractivity contribution in [2.45, 2.75) is 61.5 Å². The lowest BCUT2D eigenvalue weighted by Crippen LogP contribution is -2.38. The van der Waals surface area contributed by atoms with Gasteiger partial charge in [-0.15, -0.1) is 0 Å². The smallest absolute Gasteiger partial charge is 0.199 e. The van der Waals surface area contributed by atoms with Crippen LogP contribution in [0.1, 0.15) is 56.1 Å². The highest BCUT2D eigenvalue weighted by atomic mass is 32.2. The van der Waals surface area contributed by atoms with Gasteiger partial charge in [-0.05, 0) is 61.8 Å². The molecule has 1 heterocycles. The van der Waals surface area contributed by atoms with E-state index in [-0.39, 0.29) is 16.6 Å². The molecule has 6 heteroatoms. The summed E-state index contributed by atoms with van der Waals surface area (Å²) >= 11 is 0. The molecule has 2 fully saturated rings. The average molecular weight is 459 g/mol. The van der Waals surface area contributed by atoms with Gasteiger partial charge in [0.15, 0.2) is 19.7 Å². The number of rotatable bonds is 5. The molecule has 2 aromatic carbocycles. The van der Waals surface area contributed by atoms with Crippen LogP contribution in [0.5, 0.6) is 0 Å². The molecule has 1 aliphatic heterocycles. The number of hydrogen-bond donors (Lipinski definition) is 0. The van der Waals surface area contributed by atoms with Crippen molar-refractivity contribution >= 4 is 19.7 Å². The highest BCUT2D eigenvalue weighted by Gasteiger charge is 2.53. The van der Waals surface area contributed by atoms with Crippen LogP contribution >= 0.6 is 0 Å². The van der Waals surface area contributed by atoms with Crippen LogP contribution in [-0.2, 0) is 24.4 Å². The Hall–Kier alpha value is -1.92. The van der Waals surface area contributed by atoms with Crippen molar-refractivity contribution < 1.29 is 16.8 Å². The molecule has 4 rings (SSSR count). The van der Waals surface area contributed by atoms with Crippen molar-refractivity contribution in [3.8, 4) is 0 Å². The summed E-state index contributed by atoms with van der Waals surface area (Å²) in [5.74, 6) is 0.0540. The lowest BCUT2D eigenvalue weighted by Gasteiger charge is -2.37. The second-order valence-electron chi connectivity index (χ2n) is 8.88. The van der Waals surface area contributed by atoms with Gasteiger partial charge in [0, 0.05) is 5.41 Å². The van der Waals surface area contributed by atoms with E-state index in [9.17, 15) is 16.8 Å². The molecular weight excluding hydrogens is 428 g/mol. The van der Waals surface area contributed by atoms with Crippen LogP contribution in [0.4, 0.5) is 0 Å². The molecule has 4 nitrogen and oxygen atoms in total. The molecule has 1 aliphatic carbocycles. The van der Waals surface area contributed by atoms with Gasteiger partial charge in [0.25, 0.3) is 0 Å². The second kappa shape index (κ2) is 8.55. The van der Waals surface area contributed by atoms with E-state index in [1.54, 1.807) is 24.3 Å². The SMILES string of the molecule is Cc1ccc(S(=O)(=O)C=C(C2CCCCC2)C2(c3ccccc3)CCCS2(=O)=O)cc1. The molecule has 0 bridgehead atoms. The number of hydrogen-bond acceptors (Lipinski definition) is 4. The minimum atomic E-state index is -3.79. The maximum absolute atomic E-state index is 13.6. The predicted molar refractivity (Wildman–Crippen MR) is 124 cm³/mol. The number of benzene rings is 2. The molecule has 2 aliphatic rings. The van der Waals surface area contributed by atoms with Gasteiger partial charge in [-0.25, -0.2) is 16.8 Å². The summed E-state index contributed by atoms with van der Waals surface area (Å²) in [6.45, 7) is 1.91. The third-order valence-electron chi connectivity index (χ3n) is 6.86. The summed E-state index contributed by atoms with van der Waals surface area (Å²) in [4.78, 5) is 0.213. The molecule has 1 saturated heterocycles. The van der Waals surface area contributed by atoms with Crippen molar-refractivity contribution in [1.29, 1.82) is 0 Å². The maximum atomic E-state index is 13.6. The van der Waals surface area contributed by atoms with Crippen LogP contribution in [0.2, 0.25) is 0 Å². The molecule has 166 valence electrons. The van der Waals surface area contributed by atoms with E-state index in [2.05, 4.69) is 0 Å². The molecule has 2 aromatic rings. The summed E-state index contributed by atoms with van der Waals surface area (Å²) in [5, 5.41) is 1.32. The first-order valence-corrected chi connectivity index (χ1v) is 14.3. The topological polar surface area (TPSA) is 68.3 Å². The van der Waals surface area contributed by atoms with E-state index >= 15 is 0 Å². The second-order valence-corrected chi connectivity index (χ2v) is 13.0. The zero-order chi connectivity index (χ0) is 22.1. The Morgan fingerprint density at radius 2 is 1.58 bits per heavy atom. The minimum Gasteiger partial charge on any atom is -0.228 e. The summed E-state index contributed by atoms with van der Waals surface area (Å²) in [5.41, 5.74) is 2.26. The Labute approximate surface area is 186 Å². The molecule has 0 amide bonds. The molecule has 0 spiro atoms. The van der Waals surface area contributed by atoms with Crippen LogP contribution in [0.15, 0.2) is 70.5 Å². The van der Waals surface area contributed by atoms with Crippen molar-refractivity contribution in [3.05, 3.63) is 76.7 Å². The number of aryl methyl sites for hydroxylation is 1. The molecule has 0 aromatic heterocycles. The van der Waals surface area contributed by atoms with Gasteiger partial charge in [-0.3, -0.25) is 0 Å². The quantitative estimate of drug-likeness (QED) is 0.607. The van der Waals surface area contributed by atoms with Crippen molar-refractivity contribution in [2.75, 3.05) is 5.75 Å². The van der Waals surface area contributed by atoms with Gasteiger partial charge in [0.2, 0.25) is 0 Å². The van der Waals surface area contributed by atoms with E-state index in [0.29, 0.717) is 24.0 Å². The molecular formula is C25H30O4S2. The van der Waals surface area contributed by atoms with E-state index < -0.39 is 24.4 Å². The highest BCUT2D eigenvalue weighted by molar-refractivity contribution is 7.94. The Morgan fingerprint density at radius 3 is 2.16 bits per heavy atom. The lowest BCUT2D eigenvalue weighted by molar-refractivity contribution is 0.375. The van der Waals surface area contributed by atoms with E-state index in [1.807, 2.05) is 37.3 Å². The molecule has 1 saturated carbocycles. The van der Waals surface area contributed by atoms with Gasteiger partial charge < -0.3 is 0 Å². The first-order valence-electron chi connectivity index (χ1n) is 11.1. The maximum Gasteiger partial charge on any atom is 0.199 e. The fourth-order valence-corrected chi connectivity index (χ4v) is 9.12. The van der Waals surface area contributed by atoms with Crippen LogP contribution in [0, 0.1) is 12.8 Å². The van der Waals surface area contributed by atoms with E-state index in [4.69, 9.17) is 0 Å². The average Bonchev–Trinajstić information content (AvgIpc) is 3.09. The fraction of sp³-hybridized carbons (Fsp3) is 0.440. The van der Waals surface area contributed by atoms with Crippen LogP contribution in [0.3, 0.4) is 0 Å². The molecule has 1 atom stereocenters. The lowest BCUT2D eigenvalue weighted by atomic mass is 9.75. The van der Waals surface area contributed by atoms with Gasteiger partial charge in [0.1, 0.15) is 4.75 Å². The van der Waals surface area contributed by atoms with Gasteiger partial charge in [-0.2, -0.15) is 0 Å². The van der Waals surface area contributed by atoms with Crippen molar-refractivity contribution in [2.24, 2.45) is 5.92 Å². The standard InChI is InChI=1S/C25H30O4S2/c1-20-13-15-23(16-14-20)30(26,27)19-24(21-9-4-2-5-10-21)25(17-8-18-31(25,28)29)22-11-6-3-7-12-22/h3,6-7,11-16,19,21H,2,4-5,8-10,17-18H2,1H3. The predicted octanol–water partition coefficient (Wildman–Crippen LogP) is 5.34. The Kier molecular flexibility index (Phi) is 6.14. The molecule has 0 radical (unpaired) electrons. The van der Waals surface area contributed by atoms with Crippen molar-refractivity contribution in [1.82, 2.24) is 0 Å². The largest absolute Gasteiger partial charge is 0.228 e. The number of sulfone groups is 2. The normalized spacial score (nSPS) is 24.9. The van der Waals surface area contributed by atoms with Crippen LogP contribution in [-0.4, -0.2) is 22.6 Å². The summed E-state index contributed by atoms with van der Waals surface area (Å²) < 4.78 is 52.9. The van der Waals surface area contributed by atoms with Crippen molar-refractivity contribution in [3.63, 3.8) is 0 Å². The molecule has 1 unspecified atom stereocenters. The fourth-order valence-electron chi connectivity index (χ4n) is 5.26. The summed E-state index contributed by atoms with van der Waals surface area (Å²) in [6, 6.07) is 16.0. The van der Waals surface area contributed by atoms with Gasteiger partial charge in [0.05, 0.1) is 10.6 Å². The first-order chi connectivity index (χ1) is 14.8. The van der Waals surface area contributed by atoms with E-state index in [0.717, 1.165) is 37.7 Å². The Balaban J connectivity index is 1.96. The van der Waals surface area contributed by atoms with Gasteiger partial charge in [-0.1, -0.05) is 67.3 Å². The summed E-state index contributed by atoms with van der Waals surface area (Å²) in [6.07, 6.45) is 5.75. The monoisotopic (exact) mass is 458 g/mol. The van der Waals surface area contributed by atoms with Crippen LogP contribution in [0.25, 0.3) is 0 Å². The van der Waals surface area contributed by atoms with E-state index in [1.165, 1.54) is 5.41 Å².